The summed E-state index contributed by atoms with van der Waals surface area (Å²) in [5.74, 6) is 0.598. The Morgan fingerprint density at radius 1 is 1.70 bits per heavy atom. The highest BCUT2D eigenvalue weighted by Gasteiger charge is 1.96. The minimum Gasteiger partial charge on any atom is -0.495 e. The fourth-order valence-corrected chi connectivity index (χ4v) is 0.682. The first-order valence-electron chi connectivity index (χ1n) is 2.82. The predicted octanol–water partition coefficient (Wildman–Crippen LogP) is 1.37. The van der Waals surface area contributed by atoms with Crippen LogP contribution in [0.2, 0.25) is 0 Å². The molecule has 0 saturated carbocycles. The van der Waals surface area contributed by atoms with Crippen molar-refractivity contribution in [2.45, 2.75) is 0 Å². The van der Waals surface area contributed by atoms with Crippen LogP contribution in [0.5, 0.6) is 5.75 Å². The van der Waals surface area contributed by atoms with Crippen LogP contribution in [0, 0.1) is 17.4 Å². The van der Waals surface area contributed by atoms with E-state index < -0.39 is 0 Å². The van der Waals surface area contributed by atoms with Crippen LogP contribution in [0.25, 0.3) is 0 Å². The van der Waals surface area contributed by atoms with Gasteiger partial charge in [0.25, 0.3) is 0 Å². The van der Waals surface area contributed by atoms with Crippen LogP contribution in [-0.2, 0) is 0 Å². The van der Waals surface area contributed by atoms with Gasteiger partial charge in [0.05, 0.1) is 12.7 Å². The van der Waals surface area contributed by atoms with Crippen molar-refractivity contribution >= 4 is 0 Å². The molecular formula is C8H6NO. The summed E-state index contributed by atoms with van der Waals surface area (Å²) in [6, 6.07) is 9.79. The second kappa shape index (κ2) is 2.88. The van der Waals surface area contributed by atoms with Crippen molar-refractivity contribution in [2.24, 2.45) is 0 Å². The quantitative estimate of drug-likeness (QED) is 0.578. The van der Waals surface area contributed by atoms with Crippen molar-refractivity contribution in [1.82, 2.24) is 0 Å². The number of rotatable bonds is 1. The molecule has 0 fully saturated rings. The van der Waals surface area contributed by atoms with Crippen molar-refractivity contribution in [3.05, 3.63) is 29.8 Å². The van der Waals surface area contributed by atoms with Gasteiger partial charge in [-0.05, 0) is 18.2 Å². The maximum Gasteiger partial charge on any atom is 0.136 e. The zero-order valence-corrected chi connectivity index (χ0v) is 5.59. The normalized spacial score (nSPS) is 8.40. The standard InChI is InChI=1S/C8H6NO/c1-10-8-5-3-2-4-7(8)6-9/h3-5H,1H3. The highest BCUT2D eigenvalue weighted by Crippen LogP contribution is 2.14. The maximum absolute atomic E-state index is 8.50. The number of hydrogen-bond acceptors (Lipinski definition) is 2. The molecule has 0 bridgehead atoms. The summed E-state index contributed by atoms with van der Waals surface area (Å²) in [5, 5.41) is 8.50. The van der Waals surface area contributed by atoms with Gasteiger partial charge in [0, 0.05) is 0 Å². The Morgan fingerprint density at radius 3 is 3.00 bits per heavy atom. The summed E-state index contributed by atoms with van der Waals surface area (Å²) in [5.41, 5.74) is 0.519. The van der Waals surface area contributed by atoms with E-state index in [9.17, 15) is 0 Å². The van der Waals surface area contributed by atoms with Crippen molar-refractivity contribution in [1.29, 1.82) is 5.26 Å². The van der Waals surface area contributed by atoms with Crippen molar-refractivity contribution < 1.29 is 4.74 Å². The second-order valence-electron chi connectivity index (χ2n) is 1.74. The molecule has 2 heteroatoms. The molecule has 0 saturated heterocycles. The lowest BCUT2D eigenvalue weighted by molar-refractivity contribution is 0.413. The van der Waals surface area contributed by atoms with Gasteiger partial charge in [0.15, 0.2) is 0 Å². The van der Waals surface area contributed by atoms with Crippen LogP contribution in [-0.4, -0.2) is 7.11 Å². The summed E-state index contributed by atoms with van der Waals surface area (Å²) in [6.45, 7) is 0. The monoisotopic (exact) mass is 132 g/mol. The topological polar surface area (TPSA) is 33.0 Å². The number of nitriles is 1. The van der Waals surface area contributed by atoms with E-state index in [0.717, 1.165) is 0 Å². The molecule has 1 radical (unpaired) electrons. The van der Waals surface area contributed by atoms with E-state index in [2.05, 4.69) is 6.07 Å². The van der Waals surface area contributed by atoms with Crippen LogP contribution < -0.4 is 4.74 Å². The summed E-state index contributed by atoms with van der Waals surface area (Å²) in [4.78, 5) is 0. The molecule has 0 aliphatic carbocycles. The zero-order chi connectivity index (χ0) is 7.40. The Labute approximate surface area is 59.7 Å². The average molecular weight is 132 g/mol. The minimum atomic E-state index is 0.519. The summed E-state index contributed by atoms with van der Waals surface area (Å²) in [6.07, 6.45) is 0. The molecule has 0 N–H and O–H groups in total. The molecule has 0 amide bonds. The van der Waals surface area contributed by atoms with Crippen LogP contribution >= 0.6 is 0 Å². The first-order chi connectivity index (χ1) is 4.88. The Hall–Kier alpha value is -1.49. The lowest BCUT2D eigenvalue weighted by Gasteiger charge is -1.98. The molecular weight excluding hydrogens is 126 g/mol. The fourth-order valence-electron chi connectivity index (χ4n) is 0.682. The fraction of sp³-hybridized carbons (Fsp3) is 0.125. The molecule has 0 heterocycles. The SMILES string of the molecule is COc1cc[c]cc1C#N. The maximum atomic E-state index is 8.50. The minimum absolute atomic E-state index is 0.519. The van der Waals surface area contributed by atoms with E-state index in [-0.39, 0.29) is 0 Å². The van der Waals surface area contributed by atoms with Gasteiger partial charge in [-0.25, -0.2) is 0 Å². The van der Waals surface area contributed by atoms with Crippen LogP contribution in [0.15, 0.2) is 18.2 Å². The van der Waals surface area contributed by atoms with E-state index in [1.54, 1.807) is 18.2 Å². The largest absolute Gasteiger partial charge is 0.495 e. The number of methoxy groups -OCH3 is 1. The molecule has 0 atom stereocenters. The van der Waals surface area contributed by atoms with Crippen molar-refractivity contribution in [3.63, 3.8) is 0 Å². The third-order valence-corrected chi connectivity index (χ3v) is 1.16. The van der Waals surface area contributed by atoms with Gasteiger partial charge < -0.3 is 4.74 Å². The van der Waals surface area contributed by atoms with Gasteiger partial charge in [0.1, 0.15) is 11.8 Å². The lowest BCUT2D eigenvalue weighted by atomic mass is 10.2. The molecule has 10 heavy (non-hydrogen) atoms. The molecule has 1 aromatic carbocycles. The first kappa shape index (κ1) is 6.63. The molecule has 0 spiro atoms. The third-order valence-electron chi connectivity index (χ3n) is 1.16. The highest BCUT2D eigenvalue weighted by atomic mass is 16.5. The summed E-state index contributed by atoms with van der Waals surface area (Å²) >= 11 is 0. The molecule has 0 aliphatic heterocycles. The molecule has 0 aromatic heterocycles. The summed E-state index contributed by atoms with van der Waals surface area (Å²) in [7, 11) is 1.54. The van der Waals surface area contributed by atoms with Crippen LogP contribution in [0.1, 0.15) is 5.56 Å². The van der Waals surface area contributed by atoms with Crippen molar-refractivity contribution in [3.8, 4) is 11.8 Å². The van der Waals surface area contributed by atoms with Crippen molar-refractivity contribution in [2.75, 3.05) is 7.11 Å². The van der Waals surface area contributed by atoms with E-state index in [0.29, 0.717) is 11.3 Å². The molecule has 2 nitrogen and oxygen atoms in total. The molecule has 49 valence electrons. The Kier molecular flexibility index (Phi) is 1.91. The zero-order valence-electron chi connectivity index (χ0n) is 5.59. The first-order valence-corrected chi connectivity index (χ1v) is 2.82. The lowest BCUT2D eigenvalue weighted by Crippen LogP contribution is -1.85. The predicted molar refractivity (Wildman–Crippen MR) is 36.5 cm³/mol. The number of nitrogens with zero attached hydrogens (tertiary/aromatic N) is 1. The van der Waals surface area contributed by atoms with Gasteiger partial charge in [-0.3, -0.25) is 0 Å². The molecule has 1 rings (SSSR count). The van der Waals surface area contributed by atoms with E-state index in [1.165, 1.54) is 7.11 Å². The van der Waals surface area contributed by atoms with Gasteiger partial charge >= 0.3 is 0 Å². The number of hydrogen-bond donors (Lipinski definition) is 0. The van der Waals surface area contributed by atoms with Crippen LogP contribution in [0.4, 0.5) is 0 Å². The van der Waals surface area contributed by atoms with E-state index >= 15 is 0 Å². The van der Waals surface area contributed by atoms with E-state index in [4.69, 9.17) is 10.00 Å². The van der Waals surface area contributed by atoms with Gasteiger partial charge in [0.2, 0.25) is 0 Å². The van der Waals surface area contributed by atoms with Crippen LogP contribution in [0.3, 0.4) is 0 Å². The Morgan fingerprint density at radius 2 is 2.50 bits per heavy atom. The van der Waals surface area contributed by atoms with E-state index in [1.807, 2.05) is 6.07 Å². The van der Waals surface area contributed by atoms with Gasteiger partial charge in [-0.2, -0.15) is 5.26 Å². The summed E-state index contributed by atoms with van der Waals surface area (Å²) < 4.78 is 4.89. The smallest absolute Gasteiger partial charge is 0.136 e. The Balaban J connectivity index is 3.12. The Bertz CT molecular complexity index is 262. The second-order valence-corrected chi connectivity index (χ2v) is 1.74. The highest BCUT2D eigenvalue weighted by molar-refractivity contribution is 5.41. The van der Waals surface area contributed by atoms with Gasteiger partial charge in [-0.15, -0.1) is 0 Å². The molecule has 0 unspecified atom stereocenters. The molecule has 1 aromatic rings. The number of benzene rings is 1. The third kappa shape index (κ3) is 1.08. The average Bonchev–Trinajstić information content (AvgIpc) is 2.04. The van der Waals surface area contributed by atoms with Gasteiger partial charge in [-0.1, -0.05) is 6.07 Å². The molecule has 0 aliphatic rings. The number of ether oxygens (including phenoxy) is 1.